The second-order valence-corrected chi connectivity index (χ2v) is 9.36. The number of carboxylic acids is 1. The Hall–Kier alpha value is -1.71. The molecule has 146 valence electrons. The molecule has 0 aliphatic rings. The van der Waals surface area contributed by atoms with Gasteiger partial charge in [-0.15, -0.1) is 0 Å². The van der Waals surface area contributed by atoms with Crippen LogP contribution in [0.15, 0.2) is 51.1 Å². The van der Waals surface area contributed by atoms with Crippen LogP contribution in [0.4, 0.5) is 13.2 Å². The van der Waals surface area contributed by atoms with Crippen molar-refractivity contribution in [2.75, 3.05) is 5.75 Å². The first-order valence-corrected chi connectivity index (χ1v) is 10.4. The molecule has 0 fully saturated rings. The first-order chi connectivity index (χ1) is 12.4. The first-order valence-electron chi connectivity index (χ1n) is 7.55. The van der Waals surface area contributed by atoms with Crippen molar-refractivity contribution in [3.8, 4) is 0 Å². The third-order valence-electron chi connectivity index (χ3n) is 3.51. The van der Waals surface area contributed by atoms with Gasteiger partial charge in [-0.3, -0.25) is 4.79 Å². The highest BCUT2D eigenvalue weighted by Gasteiger charge is 2.35. The summed E-state index contributed by atoms with van der Waals surface area (Å²) in [4.78, 5) is 10.5. The van der Waals surface area contributed by atoms with E-state index in [2.05, 4.69) is 0 Å². The minimum Gasteiger partial charge on any atom is -0.481 e. The van der Waals surface area contributed by atoms with Gasteiger partial charge in [0, 0.05) is 14.8 Å². The number of aliphatic carboxylic acids is 1. The predicted octanol–water partition coefficient (Wildman–Crippen LogP) is 4.93. The molecule has 0 saturated heterocycles. The summed E-state index contributed by atoms with van der Waals surface area (Å²) < 4.78 is 64.1. The molecule has 0 bridgehead atoms. The van der Waals surface area contributed by atoms with Gasteiger partial charge in [0.15, 0.2) is 9.84 Å². The van der Waals surface area contributed by atoms with Crippen molar-refractivity contribution >= 4 is 39.2 Å². The van der Waals surface area contributed by atoms with E-state index >= 15 is 0 Å². The van der Waals surface area contributed by atoms with Gasteiger partial charge in [0.2, 0.25) is 0 Å². The lowest BCUT2D eigenvalue weighted by molar-refractivity contribution is -0.140. The highest BCUT2D eigenvalue weighted by molar-refractivity contribution is 7.99. The van der Waals surface area contributed by atoms with Gasteiger partial charge in [-0.25, -0.2) is 8.42 Å². The Labute approximate surface area is 163 Å². The number of sulfone groups is 1. The summed E-state index contributed by atoms with van der Waals surface area (Å²) in [6, 6.07) is 7.09. The average molecular weight is 439 g/mol. The lowest BCUT2D eigenvalue weighted by Crippen LogP contribution is -2.10. The zero-order chi connectivity index (χ0) is 20.4. The fourth-order valence-electron chi connectivity index (χ4n) is 2.26. The Bertz CT molecular complexity index is 973. The molecule has 2 aromatic carbocycles. The van der Waals surface area contributed by atoms with E-state index in [9.17, 15) is 26.4 Å². The van der Waals surface area contributed by atoms with Gasteiger partial charge in [0.1, 0.15) is 0 Å². The number of hydrogen-bond donors (Lipinski definition) is 1. The van der Waals surface area contributed by atoms with Crippen molar-refractivity contribution < 1.29 is 31.5 Å². The van der Waals surface area contributed by atoms with Crippen molar-refractivity contribution in [3.63, 3.8) is 0 Å². The van der Waals surface area contributed by atoms with Gasteiger partial charge in [0.05, 0.1) is 22.6 Å². The Morgan fingerprint density at radius 1 is 1.19 bits per heavy atom. The number of hydrogen-bond acceptors (Lipinski definition) is 4. The third kappa shape index (κ3) is 5.63. The number of carboxylic acid groups (broad SMARTS) is 1. The molecule has 0 aliphatic heterocycles. The number of rotatable bonds is 6. The molecule has 0 atom stereocenters. The largest absolute Gasteiger partial charge is 0.481 e. The maximum atomic E-state index is 13.4. The van der Waals surface area contributed by atoms with Crippen LogP contribution in [-0.2, 0) is 27.2 Å². The minimum atomic E-state index is -4.76. The topological polar surface area (TPSA) is 71.4 Å². The zero-order valence-electron chi connectivity index (χ0n) is 13.9. The quantitative estimate of drug-likeness (QED) is 0.692. The van der Waals surface area contributed by atoms with Crippen molar-refractivity contribution in [1.29, 1.82) is 0 Å². The minimum absolute atomic E-state index is 0.190. The molecule has 0 aliphatic carbocycles. The Morgan fingerprint density at radius 3 is 2.41 bits per heavy atom. The van der Waals surface area contributed by atoms with E-state index in [4.69, 9.17) is 16.7 Å². The summed E-state index contributed by atoms with van der Waals surface area (Å²) >= 11 is 6.66. The molecule has 27 heavy (non-hydrogen) atoms. The van der Waals surface area contributed by atoms with Crippen LogP contribution in [0.1, 0.15) is 18.1 Å². The van der Waals surface area contributed by atoms with E-state index in [1.165, 1.54) is 25.1 Å². The van der Waals surface area contributed by atoms with Crippen LogP contribution in [0.25, 0.3) is 0 Å². The van der Waals surface area contributed by atoms with E-state index in [1.807, 2.05) is 0 Å². The van der Waals surface area contributed by atoms with Crippen LogP contribution in [-0.4, -0.2) is 25.2 Å². The number of halogens is 4. The molecule has 1 N–H and O–H groups in total. The van der Waals surface area contributed by atoms with Gasteiger partial charge in [-0.2, -0.15) is 13.2 Å². The monoisotopic (exact) mass is 438 g/mol. The third-order valence-corrected chi connectivity index (χ3v) is 6.51. The Balaban J connectivity index is 2.50. The maximum Gasteiger partial charge on any atom is 0.417 e. The lowest BCUT2D eigenvalue weighted by atomic mass is 10.1. The summed E-state index contributed by atoms with van der Waals surface area (Å²) in [6.07, 6.45) is -5.09. The van der Waals surface area contributed by atoms with Crippen LogP contribution < -0.4 is 0 Å². The van der Waals surface area contributed by atoms with Crippen LogP contribution in [0, 0.1) is 0 Å². The first kappa shape index (κ1) is 21.6. The normalized spacial score (nSPS) is 12.2. The molecule has 4 nitrogen and oxygen atoms in total. The number of carbonyl (C=O) groups is 1. The SMILES string of the molecule is CCS(=O)(=O)c1ccc(Sc2cc(Cl)cc(CC(=O)O)c2)c(C(F)(F)F)c1. The molecule has 2 rings (SSSR count). The zero-order valence-corrected chi connectivity index (χ0v) is 16.3. The van der Waals surface area contributed by atoms with Gasteiger partial charge in [0.25, 0.3) is 0 Å². The van der Waals surface area contributed by atoms with E-state index in [1.54, 1.807) is 0 Å². The summed E-state index contributed by atoms with van der Waals surface area (Å²) in [7, 11) is -3.79. The highest BCUT2D eigenvalue weighted by Crippen LogP contribution is 2.41. The van der Waals surface area contributed by atoms with Crippen LogP contribution >= 0.6 is 23.4 Å². The Morgan fingerprint density at radius 2 is 1.85 bits per heavy atom. The summed E-state index contributed by atoms with van der Waals surface area (Å²) in [6.45, 7) is 1.35. The lowest BCUT2D eigenvalue weighted by Gasteiger charge is -2.15. The van der Waals surface area contributed by atoms with Crippen molar-refractivity contribution in [3.05, 3.63) is 52.5 Å². The van der Waals surface area contributed by atoms with E-state index < -0.39 is 32.4 Å². The molecule has 0 radical (unpaired) electrons. The Kier molecular flexibility index (Phi) is 6.49. The number of alkyl halides is 3. The fraction of sp³-hybridized carbons (Fsp3) is 0.235. The number of benzene rings is 2. The molecule has 10 heteroatoms. The molecule has 0 spiro atoms. The standard InChI is InChI=1S/C17H14ClF3O4S2/c1-2-27(24,25)13-3-4-15(14(9-13)17(19,20)21)26-12-6-10(7-16(22)23)5-11(18)8-12/h3-6,8-9H,2,7H2,1H3,(H,22,23). The van der Waals surface area contributed by atoms with Gasteiger partial charge in [-0.05, 0) is 42.0 Å². The van der Waals surface area contributed by atoms with Crippen molar-refractivity contribution in [2.45, 2.75) is 34.2 Å². The highest BCUT2D eigenvalue weighted by atomic mass is 35.5. The maximum absolute atomic E-state index is 13.4. The summed E-state index contributed by atoms with van der Waals surface area (Å²) in [5.74, 6) is -1.41. The fourth-order valence-corrected chi connectivity index (χ4v) is 4.56. The van der Waals surface area contributed by atoms with Crippen LogP contribution in [0.3, 0.4) is 0 Å². The van der Waals surface area contributed by atoms with E-state index in [0.29, 0.717) is 16.5 Å². The van der Waals surface area contributed by atoms with Crippen molar-refractivity contribution in [1.82, 2.24) is 0 Å². The smallest absolute Gasteiger partial charge is 0.417 e. The molecule has 0 saturated carbocycles. The molecule has 0 heterocycles. The second-order valence-electron chi connectivity index (χ2n) is 5.53. The molecular weight excluding hydrogens is 425 g/mol. The molecule has 0 unspecified atom stereocenters. The summed E-state index contributed by atoms with van der Waals surface area (Å²) in [5, 5.41) is 9.05. The second kappa shape index (κ2) is 8.12. The van der Waals surface area contributed by atoms with E-state index in [-0.39, 0.29) is 22.1 Å². The molecule has 0 aromatic heterocycles. The van der Waals surface area contributed by atoms with Gasteiger partial charge in [-0.1, -0.05) is 30.3 Å². The van der Waals surface area contributed by atoms with Crippen LogP contribution in [0.5, 0.6) is 0 Å². The molecule has 0 amide bonds. The molecular formula is C17H14ClF3O4S2. The average Bonchev–Trinajstić information content (AvgIpc) is 2.52. The predicted molar refractivity (Wildman–Crippen MR) is 96.1 cm³/mol. The van der Waals surface area contributed by atoms with Crippen molar-refractivity contribution in [2.24, 2.45) is 0 Å². The van der Waals surface area contributed by atoms with Gasteiger partial charge < -0.3 is 5.11 Å². The summed E-state index contributed by atoms with van der Waals surface area (Å²) in [5.41, 5.74) is -0.738. The van der Waals surface area contributed by atoms with Crippen LogP contribution in [0.2, 0.25) is 5.02 Å². The molecule has 2 aromatic rings. The van der Waals surface area contributed by atoms with Gasteiger partial charge >= 0.3 is 12.1 Å². The van der Waals surface area contributed by atoms with E-state index in [0.717, 1.165) is 23.9 Å².